The third kappa shape index (κ3) is 0.957. The van der Waals surface area contributed by atoms with Crippen molar-refractivity contribution < 1.29 is 14.3 Å². The van der Waals surface area contributed by atoms with Crippen LogP contribution >= 0.6 is 0 Å². The van der Waals surface area contributed by atoms with E-state index in [1.807, 2.05) is 0 Å². The molecule has 1 saturated carbocycles. The maximum absolute atomic E-state index is 11.7. The molecule has 2 aliphatic carbocycles. The zero-order valence-corrected chi connectivity index (χ0v) is 10.9. The van der Waals surface area contributed by atoms with Gasteiger partial charge >= 0.3 is 5.97 Å². The van der Waals surface area contributed by atoms with E-state index in [9.17, 15) is 4.79 Å². The van der Waals surface area contributed by atoms with E-state index in [1.165, 1.54) is 5.57 Å². The van der Waals surface area contributed by atoms with Crippen LogP contribution in [0.1, 0.15) is 33.1 Å². The Kier molecular flexibility index (Phi) is 1.74. The monoisotopic (exact) mass is 246 g/mol. The van der Waals surface area contributed by atoms with E-state index in [0.717, 1.165) is 19.3 Å². The van der Waals surface area contributed by atoms with E-state index >= 15 is 0 Å². The Morgan fingerprint density at radius 1 is 1.50 bits per heavy atom. The van der Waals surface area contributed by atoms with Crippen LogP contribution in [0, 0.1) is 11.8 Å². The number of carbonyl (C=O) groups excluding carboxylic acids is 1. The smallest absolute Gasteiger partial charge is 0.334 e. The molecule has 4 rings (SSSR count). The van der Waals surface area contributed by atoms with Gasteiger partial charge < -0.3 is 9.47 Å². The highest BCUT2D eigenvalue weighted by Gasteiger charge is 2.81. The van der Waals surface area contributed by atoms with Gasteiger partial charge in [-0.1, -0.05) is 18.2 Å². The quantitative estimate of drug-likeness (QED) is 0.285. The Morgan fingerprint density at radius 2 is 2.28 bits per heavy atom. The standard InChI is InChI=1S/C15H18O3/c1-8-5-4-6-14(3)15(18-14)11(8)7-10-9(2)13(16)17-12(10)15/h5,10-12H,2,4,6-7H2,1,3H3/t10-,11?,12-,14+,15-/m0/s1. The normalized spacial score (nSPS) is 53.0. The highest BCUT2D eigenvalue weighted by atomic mass is 16.7. The Balaban J connectivity index is 1.82. The molecule has 5 atom stereocenters. The number of fused-ring (bicyclic) bond motifs is 1. The van der Waals surface area contributed by atoms with Crippen molar-refractivity contribution in [1.29, 1.82) is 0 Å². The molecular formula is C15H18O3. The number of esters is 1. The molecule has 3 heteroatoms. The van der Waals surface area contributed by atoms with Crippen molar-refractivity contribution in [3.8, 4) is 0 Å². The number of hydrogen-bond acceptors (Lipinski definition) is 3. The van der Waals surface area contributed by atoms with Gasteiger partial charge in [0.2, 0.25) is 0 Å². The highest BCUT2D eigenvalue weighted by molar-refractivity contribution is 5.91. The Bertz CT molecular complexity index is 506. The summed E-state index contributed by atoms with van der Waals surface area (Å²) in [5.74, 6) is 0.331. The van der Waals surface area contributed by atoms with Gasteiger partial charge in [0.15, 0.2) is 0 Å². The summed E-state index contributed by atoms with van der Waals surface area (Å²) in [7, 11) is 0. The largest absolute Gasteiger partial charge is 0.455 e. The van der Waals surface area contributed by atoms with Crippen molar-refractivity contribution in [2.45, 2.75) is 50.4 Å². The fourth-order valence-corrected chi connectivity index (χ4v) is 4.52. The van der Waals surface area contributed by atoms with Gasteiger partial charge in [-0.3, -0.25) is 0 Å². The van der Waals surface area contributed by atoms with Crippen LogP contribution in [0.25, 0.3) is 0 Å². The van der Waals surface area contributed by atoms with Crippen LogP contribution in [0.5, 0.6) is 0 Å². The molecule has 4 aliphatic rings. The van der Waals surface area contributed by atoms with Crippen molar-refractivity contribution >= 4 is 5.97 Å². The number of allylic oxidation sites excluding steroid dienone is 1. The molecule has 0 aromatic carbocycles. The first-order chi connectivity index (χ1) is 8.49. The molecule has 0 aromatic rings. The molecule has 1 unspecified atom stereocenters. The number of rotatable bonds is 0. The molecule has 2 saturated heterocycles. The molecule has 0 N–H and O–H groups in total. The zero-order valence-electron chi connectivity index (χ0n) is 10.9. The summed E-state index contributed by atoms with van der Waals surface area (Å²) in [5, 5.41) is 0. The summed E-state index contributed by atoms with van der Waals surface area (Å²) in [4.78, 5) is 11.7. The number of epoxide rings is 1. The molecule has 0 radical (unpaired) electrons. The second-order valence-corrected chi connectivity index (χ2v) is 6.36. The average molecular weight is 246 g/mol. The summed E-state index contributed by atoms with van der Waals surface area (Å²) in [6, 6.07) is 0. The third-order valence-electron chi connectivity index (χ3n) is 5.56. The van der Waals surface area contributed by atoms with Crippen molar-refractivity contribution in [1.82, 2.24) is 0 Å². The Morgan fingerprint density at radius 3 is 3.06 bits per heavy atom. The molecule has 2 heterocycles. The summed E-state index contributed by atoms with van der Waals surface area (Å²) in [6.45, 7) is 8.26. The van der Waals surface area contributed by atoms with Gasteiger partial charge in [-0.25, -0.2) is 4.79 Å². The van der Waals surface area contributed by atoms with Crippen LogP contribution in [0.3, 0.4) is 0 Å². The molecule has 0 aromatic heterocycles. The van der Waals surface area contributed by atoms with Crippen molar-refractivity contribution in [2.24, 2.45) is 11.8 Å². The van der Waals surface area contributed by atoms with Gasteiger partial charge in [0.25, 0.3) is 0 Å². The SMILES string of the molecule is C=C1C(=O)O[C@H]2[C@H]1CC1C(C)=CCC[C@@]3(C)O[C@@]123. The van der Waals surface area contributed by atoms with Gasteiger partial charge in [0, 0.05) is 17.4 Å². The van der Waals surface area contributed by atoms with Crippen molar-refractivity contribution in [3.05, 3.63) is 23.8 Å². The predicted molar refractivity (Wildman–Crippen MR) is 65.8 cm³/mol. The van der Waals surface area contributed by atoms with Gasteiger partial charge in [-0.05, 0) is 33.1 Å². The summed E-state index contributed by atoms with van der Waals surface area (Å²) < 4.78 is 11.8. The lowest BCUT2D eigenvalue weighted by Gasteiger charge is -2.22. The maximum atomic E-state index is 11.7. The number of ether oxygens (including phenoxy) is 2. The van der Waals surface area contributed by atoms with Crippen LogP contribution in [-0.2, 0) is 14.3 Å². The first-order valence-electron chi connectivity index (χ1n) is 6.76. The molecule has 3 fully saturated rings. The molecule has 3 nitrogen and oxygen atoms in total. The van der Waals surface area contributed by atoms with E-state index in [0.29, 0.717) is 11.5 Å². The molecule has 18 heavy (non-hydrogen) atoms. The first-order valence-corrected chi connectivity index (χ1v) is 6.76. The molecule has 0 amide bonds. The van der Waals surface area contributed by atoms with Crippen molar-refractivity contribution in [2.75, 3.05) is 0 Å². The predicted octanol–water partition coefficient (Wildman–Crippen LogP) is 2.37. The lowest BCUT2D eigenvalue weighted by molar-refractivity contribution is -0.141. The van der Waals surface area contributed by atoms with Crippen LogP contribution in [0.4, 0.5) is 0 Å². The van der Waals surface area contributed by atoms with Crippen LogP contribution in [-0.4, -0.2) is 23.3 Å². The van der Waals surface area contributed by atoms with E-state index in [-0.39, 0.29) is 29.2 Å². The summed E-state index contributed by atoms with van der Waals surface area (Å²) in [5.41, 5.74) is 1.67. The minimum atomic E-state index is -0.260. The first kappa shape index (κ1) is 10.8. The van der Waals surface area contributed by atoms with Gasteiger partial charge in [0.05, 0.1) is 5.60 Å². The Hall–Kier alpha value is -1.09. The second kappa shape index (κ2) is 2.90. The minimum Gasteiger partial charge on any atom is -0.455 e. The topological polar surface area (TPSA) is 38.8 Å². The van der Waals surface area contributed by atoms with E-state index < -0.39 is 0 Å². The molecule has 96 valence electrons. The van der Waals surface area contributed by atoms with Crippen LogP contribution in [0.2, 0.25) is 0 Å². The third-order valence-corrected chi connectivity index (χ3v) is 5.56. The summed E-state index contributed by atoms with van der Waals surface area (Å²) >= 11 is 0. The van der Waals surface area contributed by atoms with Crippen LogP contribution in [0.15, 0.2) is 23.8 Å². The molecular weight excluding hydrogens is 228 g/mol. The zero-order chi connectivity index (χ0) is 12.7. The van der Waals surface area contributed by atoms with Gasteiger partial charge in [-0.2, -0.15) is 0 Å². The maximum Gasteiger partial charge on any atom is 0.334 e. The molecule has 2 aliphatic heterocycles. The van der Waals surface area contributed by atoms with Crippen LogP contribution < -0.4 is 0 Å². The fraction of sp³-hybridized carbons (Fsp3) is 0.667. The van der Waals surface area contributed by atoms with Crippen molar-refractivity contribution in [3.63, 3.8) is 0 Å². The Labute approximate surface area is 107 Å². The second-order valence-electron chi connectivity index (χ2n) is 6.36. The fourth-order valence-electron chi connectivity index (χ4n) is 4.52. The molecule has 1 spiro atoms. The molecule has 0 bridgehead atoms. The average Bonchev–Trinajstić information content (AvgIpc) is 2.68. The number of carbonyl (C=O) groups is 1. The highest BCUT2D eigenvalue weighted by Crippen LogP contribution is 2.69. The van der Waals surface area contributed by atoms with E-state index in [2.05, 4.69) is 26.5 Å². The van der Waals surface area contributed by atoms with Gasteiger partial charge in [0.1, 0.15) is 11.7 Å². The lowest BCUT2D eigenvalue weighted by Crippen LogP contribution is -2.38. The van der Waals surface area contributed by atoms with E-state index in [1.54, 1.807) is 0 Å². The lowest BCUT2D eigenvalue weighted by atomic mass is 9.80. The number of hydrogen-bond donors (Lipinski definition) is 0. The van der Waals surface area contributed by atoms with Gasteiger partial charge in [-0.15, -0.1) is 0 Å². The minimum absolute atomic E-state index is 0.103. The summed E-state index contributed by atoms with van der Waals surface area (Å²) in [6.07, 6.45) is 5.27. The van der Waals surface area contributed by atoms with E-state index in [4.69, 9.17) is 9.47 Å².